The quantitative estimate of drug-likeness (QED) is 0.718. The van der Waals surface area contributed by atoms with E-state index in [0.29, 0.717) is 5.25 Å². The summed E-state index contributed by atoms with van der Waals surface area (Å²) in [4.78, 5) is 4.17. The van der Waals surface area contributed by atoms with Crippen molar-refractivity contribution < 1.29 is 0 Å². The largest absolute Gasteiger partial charge is 0.363 e. The molecule has 2 nitrogen and oxygen atoms in total. The molecule has 0 aromatic rings. The average molecular weight is 212 g/mol. The zero-order valence-corrected chi connectivity index (χ0v) is 8.90. The first kappa shape index (κ1) is 9.21. The van der Waals surface area contributed by atoms with Gasteiger partial charge in [-0.2, -0.15) is 23.5 Å². The molecule has 4 heteroatoms. The van der Waals surface area contributed by atoms with Crippen LogP contribution in [0.15, 0.2) is 29.2 Å². The molecule has 70 valence electrons. The normalized spacial score (nSPS) is 27.7. The minimum absolute atomic E-state index is 0.596. The minimum atomic E-state index is 0.596. The Kier molecular flexibility index (Phi) is 3.38. The maximum Gasteiger partial charge on any atom is 0.0554 e. The van der Waals surface area contributed by atoms with Gasteiger partial charge in [-0.1, -0.05) is 0 Å². The fourth-order valence-electron chi connectivity index (χ4n) is 1.24. The van der Waals surface area contributed by atoms with E-state index in [2.05, 4.69) is 10.3 Å². The van der Waals surface area contributed by atoms with Gasteiger partial charge in [0.25, 0.3) is 0 Å². The van der Waals surface area contributed by atoms with Crippen LogP contribution >= 0.6 is 23.5 Å². The van der Waals surface area contributed by atoms with Gasteiger partial charge in [-0.25, -0.2) is 0 Å². The molecule has 1 fully saturated rings. The summed E-state index contributed by atoms with van der Waals surface area (Å²) in [6.45, 7) is 0. The predicted molar refractivity (Wildman–Crippen MR) is 62.4 cm³/mol. The summed E-state index contributed by atoms with van der Waals surface area (Å²) in [6, 6.07) is 0. The maximum absolute atomic E-state index is 4.17. The third-order valence-corrected chi connectivity index (χ3v) is 4.69. The van der Waals surface area contributed by atoms with Crippen molar-refractivity contribution in [2.45, 2.75) is 5.25 Å². The van der Waals surface area contributed by atoms with Crippen molar-refractivity contribution in [2.24, 2.45) is 4.99 Å². The van der Waals surface area contributed by atoms with Crippen molar-refractivity contribution in [1.82, 2.24) is 5.32 Å². The molecule has 13 heavy (non-hydrogen) atoms. The first-order chi connectivity index (χ1) is 6.47. The molecule has 0 aliphatic carbocycles. The summed E-state index contributed by atoms with van der Waals surface area (Å²) in [5.74, 6) is 3.74. The van der Waals surface area contributed by atoms with Crippen LogP contribution in [-0.4, -0.2) is 28.7 Å². The number of nitrogens with zero attached hydrogens (tertiary/aromatic N) is 1. The van der Waals surface area contributed by atoms with E-state index in [4.69, 9.17) is 0 Å². The van der Waals surface area contributed by atoms with Gasteiger partial charge in [0.1, 0.15) is 0 Å². The number of rotatable bonds is 1. The molecule has 2 aliphatic rings. The van der Waals surface area contributed by atoms with Crippen LogP contribution in [0.1, 0.15) is 0 Å². The Balaban J connectivity index is 2.01. The molecule has 0 bridgehead atoms. The number of thioether (sulfide) groups is 2. The van der Waals surface area contributed by atoms with E-state index in [1.165, 1.54) is 23.0 Å². The van der Waals surface area contributed by atoms with Gasteiger partial charge in [0.2, 0.25) is 0 Å². The van der Waals surface area contributed by atoms with Crippen LogP contribution in [0, 0.1) is 0 Å². The maximum atomic E-state index is 4.17. The zero-order chi connectivity index (χ0) is 8.93. The van der Waals surface area contributed by atoms with Crippen molar-refractivity contribution in [1.29, 1.82) is 0 Å². The van der Waals surface area contributed by atoms with E-state index in [0.717, 1.165) is 0 Å². The van der Waals surface area contributed by atoms with E-state index in [1.54, 1.807) is 6.21 Å². The molecule has 2 heterocycles. The zero-order valence-electron chi connectivity index (χ0n) is 7.27. The second-order valence-electron chi connectivity index (χ2n) is 2.82. The molecule has 1 unspecified atom stereocenters. The molecule has 2 rings (SSSR count). The smallest absolute Gasteiger partial charge is 0.0554 e. The van der Waals surface area contributed by atoms with Crippen LogP contribution in [0.25, 0.3) is 0 Å². The van der Waals surface area contributed by atoms with E-state index < -0.39 is 0 Å². The fraction of sp³-hybridized carbons (Fsp3) is 0.444. The third kappa shape index (κ3) is 2.54. The topological polar surface area (TPSA) is 24.4 Å². The van der Waals surface area contributed by atoms with Crippen molar-refractivity contribution in [3.63, 3.8) is 0 Å². The highest BCUT2D eigenvalue weighted by Crippen LogP contribution is 2.28. The number of allylic oxidation sites excluding steroid dienone is 1. The lowest BCUT2D eigenvalue weighted by molar-refractivity contribution is 0.957. The predicted octanol–water partition coefficient (Wildman–Crippen LogP) is 1.86. The van der Waals surface area contributed by atoms with E-state index in [9.17, 15) is 0 Å². The molecule has 1 atom stereocenters. The molecule has 0 aromatic carbocycles. The highest BCUT2D eigenvalue weighted by Gasteiger charge is 2.18. The Morgan fingerprint density at radius 3 is 3.31 bits per heavy atom. The SMILES string of the molecule is C1=CNC(C2CSCCS2)=CN=C1. The fourth-order valence-corrected chi connectivity index (χ4v) is 3.92. The van der Waals surface area contributed by atoms with E-state index >= 15 is 0 Å². The van der Waals surface area contributed by atoms with Crippen LogP contribution in [0.3, 0.4) is 0 Å². The summed E-state index contributed by atoms with van der Waals surface area (Å²) in [5.41, 5.74) is 1.24. The van der Waals surface area contributed by atoms with Gasteiger partial charge in [-0.15, -0.1) is 0 Å². The van der Waals surface area contributed by atoms with Gasteiger partial charge in [-0.05, 0) is 6.08 Å². The van der Waals surface area contributed by atoms with Crippen molar-refractivity contribution >= 4 is 29.7 Å². The Bertz CT molecular complexity index is 252. The molecule has 0 spiro atoms. The summed E-state index contributed by atoms with van der Waals surface area (Å²) >= 11 is 4.05. The van der Waals surface area contributed by atoms with Crippen molar-refractivity contribution in [2.75, 3.05) is 17.3 Å². The second-order valence-corrected chi connectivity index (χ2v) is 5.28. The lowest BCUT2D eigenvalue weighted by atomic mass is 10.3. The van der Waals surface area contributed by atoms with E-state index in [1.807, 2.05) is 42.0 Å². The Labute approximate surface area is 87.0 Å². The van der Waals surface area contributed by atoms with Gasteiger partial charge in [0.05, 0.1) is 5.25 Å². The highest BCUT2D eigenvalue weighted by molar-refractivity contribution is 8.06. The van der Waals surface area contributed by atoms with Gasteiger partial charge in [0, 0.05) is 41.6 Å². The number of nitrogens with one attached hydrogen (secondary N) is 1. The minimum Gasteiger partial charge on any atom is -0.363 e. The number of aliphatic imine (C=N–C) groups is 1. The summed E-state index contributed by atoms with van der Waals surface area (Å²) in [7, 11) is 0. The molecule has 0 saturated carbocycles. The Morgan fingerprint density at radius 2 is 2.46 bits per heavy atom. The van der Waals surface area contributed by atoms with Crippen molar-refractivity contribution in [3.05, 3.63) is 24.2 Å². The number of hydrogen-bond acceptors (Lipinski definition) is 4. The molecular formula is C9H12N2S2. The first-order valence-electron chi connectivity index (χ1n) is 4.31. The lowest BCUT2D eigenvalue weighted by Crippen LogP contribution is -2.23. The van der Waals surface area contributed by atoms with Gasteiger partial charge < -0.3 is 5.32 Å². The monoisotopic (exact) mass is 212 g/mol. The molecule has 0 aromatic heterocycles. The van der Waals surface area contributed by atoms with Crippen LogP contribution in [0.5, 0.6) is 0 Å². The summed E-state index contributed by atoms with van der Waals surface area (Å²) in [5, 5.41) is 3.87. The van der Waals surface area contributed by atoms with Crippen LogP contribution in [0.4, 0.5) is 0 Å². The molecule has 0 amide bonds. The summed E-state index contributed by atoms with van der Waals surface area (Å²) in [6.07, 6.45) is 7.61. The molecule has 0 radical (unpaired) electrons. The highest BCUT2D eigenvalue weighted by atomic mass is 32.2. The number of hydrogen-bond donors (Lipinski definition) is 1. The lowest BCUT2D eigenvalue weighted by Gasteiger charge is -2.22. The molecule has 1 saturated heterocycles. The standard InChI is InChI=1S/C9H12N2S2/c1-2-10-6-8(11-3-1)9-7-12-4-5-13-9/h1-3,6,9,11H,4-5,7H2. The van der Waals surface area contributed by atoms with Gasteiger partial charge in [-0.3, -0.25) is 4.99 Å². The molecular weight excluding hydrogens is 200 g/mol. The first-order valence-corrected chi connectivity index (χ1v) is 6.51. The molecule has 1 N–H and O–H groups in total. The van der Waals surface area contributed by atoms with Crippen LogP contribution < -0.4 is 5.32 Å². The van der Waals surface area contributed by atoms with Gasteiger partial charge >= 0.3 is 0 Å². The third-order valence-electron chi connectivity index (χ3n) is 1.89. The average Bonchev–Trinajstić information content (AvgIpc) is 2.47. The summed E-state index contributed by atoms with van der Waals surface area (Å²) < 4.78 is 0. The van der Waals surface area contributed by atoms with Crippen molar-refractivity contribution in [3.8, 4) is 0 Å². The van der Waals surface area contributed by atoms with Crippen LogP contribution in [-0.2, 0) is 0 Å². The second kappa shape index (κ2) is 4.77. The molecule has 2 aliphatic heterocycles. The van der Waals surface area contributed by atoms with Gasteiger partial charge in [0.15, 0.2) is 0 Å². The Morgan fingerprint density at radius 1 is 1.46 bits per heavy atom. The van der Waals surface area contributed by atoms with Crippen LogP contribution in [0.2, 0.25) is 0 Å². The van der Waals surface area contributed by atoms with E-state index in [-0.39, 0.29) is 0 Å². The Hall–Kier alpha value is -0.350.